The fourth-order valence-electron chi connectivity index (χ4n) is 2.58. The van der Waals surface area contributed by atoms with Crippen molar-refractivity contribution in [2.24, 2.45) is 0 Å². The van der Waals surface area contributed by atoms with Gasteiger partial charge in [0.15, 0.2) is 0 Å². The van der Waals surface area contributed by atoms with E-state index < -0.39 is 10.0 Å². The second-order valence-electron chi connectivity index (χ2n) is 5.44. The topological polar surface area (TPSA) is 90.3 Å². The van der Waals surface area contributed by atoms with Crippen LogP contribution in [0.1, 0.15) is 18.4 Å². The minimum Gasteiger partial charge on any atom is -0.312 e. The number of sulfonamides is 1. The highest BCUT2D eigenvalue weighted by molar-refractivity contribution is 7.92. The molecule has 1 aliphatic rings. The molecule has 0 saturated carbocycles. The number of nitriles is 1. The first kappa shape index (κ1) is 16.0. The highest BCUT2D eigenvalue weighted by Gasteiger charge is 2.21. The number of benzene rings is 2. The van der Waals surface area contributed by atoms with Crippen molar-refractivity contribution in [3.05, 3.63) is 54.1 Å². The van der Waals surface area contributed by atoms with E-state index in [1.807, 2.05) is 6.07 Å². The zero-order chi connectivity index (χ0) is 17.2. The molecule has 2 aromatic carbocycles. The number of anilines is 2. The van der Waals surface area contributed by atoms with Crippen molar-refractivity contribution in [2.75, 3.05) is 16.2 Å². The summed E-state index contributed by atoms with van der Waals surface area (Å²) >= 11 is 0. The molecular weight excluding hydrogens is 326 g/mol. The van der Waals surface area contributed by atoms with Gasteiger partial charge < -0.3 is 4.90 Å². The number of hydrogen-bond donors (Lipinski definition) is 1. The van der Waals surface area contributed by atoms with Crippen LogP contribution in [-0.4, -0.2) is 20.9 Å². The third-order valence-corrected chi connectivity index (χ3v) is 5.16. The summed E-state index contributed by atoms with van der Waals surface area (Å²) in [7, 11) is -3.77. The standard InChI is InChI=1S/C17H15N3O3S/c18-12-13-3-1-4-16(11-13)24(22,23)19-14-6-8-15(9-7-14)20-10-2-5-17(20)21/h1,3-4,6-9,11,19H,2,5,10H2. The predicted molar refractivity (Wildman–Crippen MR) is 90.0 cm³/mol. The first-order valence-electron chi connectivity index (χ1n) is 7.43. The summed E-state index contributed by atoms with van der Waals surface area (Å²) < 4.78 is 27.2. The summed E-state index contributed by atoms with van der Waals surface area (Å²) in [5, 5.41) is 8.88. The number of nitrogens with zero attached hydrogens (tertiary/aromatic N) is 2. The van der Waals surface area contributed by atoms with E-state index in [1.54, 1.807) is 35.2 Å². The van der Waals surface area contributed by atoms with Gasteiger partial charge in [-0.25, -0.2) is 8.42 Å². The van der Waals surface area contributed by atoms with Crippen LogP contribution >= 0.6 is 0 Å². The fraction of sp³-hybridized carbons (Fsp3) is 0.176. The Bertz CT molecular complexity index is 915. The molecule has 1 N–H and O–H groups in total. The molecular formula is C17H15N3O3S. The van der Waals surface area contributed by atoms with Gasteiger partial charge in [-0.1, -0.05) is 6.07 Å². The molecule has 1 aliphatic heterocycles. The van der Waals surface area contributed by atoms with Crippen LogP contribution in [0.15, 0.2) is 53.4 Å². The van der Waals surface area contributed by atoms with Crippen LogP contribution in [0, 0.1) is 11.3 Å². The van der Waals surface area contributed by atoms with Crippen molar-refractivity contribution in [3.63, 3.8) is 0 Å². The lowest BCUT2D eigenvalue weighted by atomic mass is 10.2. The predicted octanol–water partition coefficient (Wildman–Crippen LogP) is 2.49. The van der Waals surface area contributed by atoms with Crippen LogP contribution in [0.5, 0.6) is 0 Å². The molecule has 7 heteroatoms. The summed E-state index contributed by atoms with van der Waals surface area (Å²) in [5.41, 5.74) is 1.43. The van der Waals surface area contributed by atoms with Crippen molar-refractivity contribution in [1.82, 2.24) is 0 Å². The van der Waals surface area contributed by atoms with Gasteiger partial charge in [-0.2, -0.15) is 5.26 Å². The van der Waals surface area contributed by atoms with Gasteiger partial charge in [0.2, 0.25) is 5.91 Å². The minimum absolute atomic E-state index is 0.0281. The van der Waals surface area contributed by atoms with Crippen molar-refractivity contribution in [2.45, 2.75) is 17.7 Å². The van der Waals surface area contributed by atoms with Gasteiger partial charge in [-0.15, -0.1) is 0 Å². The second kappa shape index (κ2) is 6.34. The minimum atomic E-state index is -3.77. The largest absolute Gasteiger partial charge is 0.312 e. The van der Waals surface area contributed by atoms with Crippen molar-refractivity contribution in [1.29, 1.82) is 5.26 Å². The van der Waals surface area contributed by atoms with E-state index in [2.05, 4.69) is 4.72 Å². The molecule has 0 atom stereocenters. The molecule has 3 rings (SSSR count). The van der Waals surface area contributed by atoms with E-state index in [0.29, 0.717) is 18.7 Å². The highest BCUT2D eigenvalue weighted by Crippen LogP contribution is 2.24. The third kappa shape index (κ3) is 3.24. The first-order chi connectivity index (χ1) is 11.5. The Hall–Kier alpha value is -2.85. The van der Waals surface area contributed by atoms with Crippen LogP contribution in [0.3, 0.4) is 0 Å². The molecule has 2 aromatic rings. The molecule has 0 bridgehead atoms. The van der Waals surface area contributed by atoms with E-state index in [0.717, 1.165) is 12.1 Å². The van der Waals surface area contributed by atoms with Gasteiger partial charge in [0.25, 0.3) is 10.0 Å². The first-order valence-corrected chi connectivity index (χ1v) is 8.91. The smallest absolute Gasteiger partial charge is 0.261 e. The van der Waals surface area contributed by atoms with Gasteiger partial charge in [0.1, 0.15) is 0 Å². The Labute approximate surface area is 140 Å². The number of nitrogens with one attached hydrogen (secondary N) is 1. The van der Waals surface area contributed by atoms with Crippen LogP contribution in [0.25, 0.3) is 0 Å². The Morgan fingerprint density at radius 3 is 2.50 bits per heavy atom. The highest BCUT2D eigenvalue weighted by atomic mass is 32.2. The molecule has 0 unspecified atom stereocenters. The maximum Gasteiger partial charge on any atom is 0.261 e. The van der Waals surface area contributed by atoms with Crippen molar-refractivity contribution in [3.8, 4) is 6.07 Å². The quantitative estimate of drug-likeness (QED) is 0.925. The van der Waals surface area contributed by atoms with Gasteiger partial charge in [0.05, 0.1) is 16.5 Å². The molecule has 1 amide bonds. The molecule has 0 spiro atoms. The van der Waals surface area contributed by atoms with Crippen LogP contribution in [-0.2, 0) is 14.8 Å². The molecule has 24 heavy (non-hydrogen) atoms. The summed E-state index contributed by atoms with van der Waals surface area (Å²) in [6, 6.07) is 14.4. The summed E-state index contributed by atoms with van der Waals surface area (Å²) in [5.74, 6) is 0.0802. The van der Waals surface area contributed by atoms with Gasteiger partial charge >= 0.3 is 0 Å². The Morgan fingerprint density at radius 2 is 1.88 bits per heavy atom. The average molecular weight is 341 g/mol. The zero-order valence-corrected chi connectivity index (χ0v) is 13.6. The van der Waals surface area contributed by atoms with E-state index in [4.69, 9.17) is 5.26 Å². The van der Waals surface area contributed by atoms with Crippen LogP contribution in [0.2, 0.25) is 0 Å². The normalized spacial score (nSPS) is 14.5. The van der Waals surface area contributed by atoms with Crippen molar-refractivity contribution >= 4 is 27.3 Å². The number of amides is 1. The SMILES string of the molecule is N#Cc1cccc(S(=O)(=O)Nc2ccc(N3CCCC3=O)cc2)c1. The average Bonchev–Trinajstić information content (AvgIpc) is 3.01. The monoisotopic (exact) mass is 341 g/mol. The maximum absolute atomic E-state index is 12.4. The van der Waals surface area contributed by atoms with Crippen LogP contribution in [0.4, 0.5) is 11.4 Å². The number of carbonyl (C=O) groups excluding carboxylic acids is 1. The van der Waals surface area contributed by atoms with E-state index in [-0.39, 0.29) is 16.4 Å². The van der Waals surface area contributed by atoms with E-state index >= 15 is 0 Å². The molecule has 6 nitrogen and oxygen atoms in total. The third-order valence-electron chi connectivity index (χ3n) is 3.78. The fourth-order valence-corrected chi connectivity index (χ4v) is 3.68. The van der Waals surface area contributed by atoms with Crippen LogP contribution < -0.4 is 9.62 Å². The summed E-state index contributed by atoms with van der Waals surface area (Å²) in [4.78, 5) is 13.4. The van der Waals surface area contributed by atoms with E-state index in [1.165, 1.54) is 18.2 Å². The Kier molecular flexibility index (Phi) is 4.23. The molecule has 1 fully saturated rings. The number of carbonyl (C=O) groups is 1. The molecule has 0 radical (unpaired) electrons. The van der Waals surface area contributed by atoms with Crippen molar-refractivity contribution < 1.29 is 13.2 Å². The molecule has 1 heterocycles. The van der Waals surface area contributed by atoms with Gasteiger partial charge in [-0.05, 0) is 48.9 Å². The number of hydrogen-bond acceptors (Lipinski definition) is 4. The summed E-state index contributed by atoms with van der Waals surface area (Å²) in [6.45, 7) is 0.685. The lowest BCUT2D eigenvalue weighted by Crippen LogP contribution is -2.23. The Balaban J connectivity index is 1.80. The lowest BCUT2D eigenvalue weighted by molar-refractivity contribution is -0.117. The second-order valence-corrected chi connectivity index (χ2v) is 7.12. The molecule has 0 aromatic heterocycles. The molecule has 1 saturated heterocycles. The zero-order valence-electron chi connectivity index (χ0n) is 12.8. The number of rotatable bonds is 4. The van der Waals surface area contributed by atoms with E-state index in [9.17, 15) is 13.2 Å². The van der Waals surface area contributed by atoms with Gasteiger partial charge in [-0.3, -0.25) is 9.52 Å². The molecule has 0 aliphatic carbocycles. The van der Waals surface area contributed by atoms with Gasteiger partial charge in [0, 0.05) is 24.3 Å². The lowest BCUT2D eigenvalue weighted by Gasteiger charge is -2.16. The Morgan fingerprint density at radius 1 is 1.12 bits per heavy atom. The maximum atomic E-state index is 12.4. The molecule has 122 valence electrons. The summed E-state index contributed by atoms with van der Waals surface area (Å²) in [6.07, 6.45) is 1.38.